The number of nitrogens with two attached hydrogens (primary N) is 1. The van der Waals surface area contributed by atoms with E-state index in [0.717, 1.165) is 25.7 Å². The first-order valence-electron chi connectivity index (χ1n) is 7.57. The number of ether oxygens (including phenoxy) is 1. The number of hydrogen-bond acceptors (Lipinski definition) is 4. The van der Waals surface area contributed by atoms with Gasteiger partial charge in [-0.05, 0) is 37.6 Å². The average Bonchev–Trinajstić information content (AvgIpc) is 2.45. The quantitative estimate of drug-likeness (QED) is 0.723. The van der Waals surface area contributed by atoms with Crippen LogP contribution >= 0.6 is 0 Å². The van der Waals surface area contributed by atoms with E-state index in [1.165, 1.54) is 7.11 Å². The predicted octanol–water partition coefficient (Wildman–Crippen LogP) is 1.46. The Morgan fingerprint density at radius 3 is 2.50 bits per heavy atom. The molecule has 5 heteroatoms. The summed E-state index contributed by atoms with van der Waals surface area (Å²) < 4.78 is 4.78. The van der Waals surface area contributed by atoms with Crippen molar-refractivity contribution in [1.29, 1.82) is 0 Å². The summed E-state index contributed by atoms with van der Waals surface area (Å²) in [4.78, 5) is 24.2. The second-order valence-electron chi connectivity index (χ2n) is 6.10. The first-order chi connectivity index (χ1) is 9.49. The highest BCUT2D eigenvalue weighted by molar-refractivity contribution is 5.85. The summed E-state index contributed by atoms with van der Waals surface area (Å²) in [5, 5.41) is 2.86. The summed E-state index contributed by atoms with van der Waals surface area (Å²) in [6.07, 6.45) is 4.66. The molecule has 116 valence electrons. The van der Waals surface area contributed by atoms with Crippen molar-refractivity contribution in [1.82, 2.24) is 5.32 Å². The van der Waals surface area contributed by atoms with Gasteiger partial charge in [-0.2, -0.15) is 0 Å². The molecule has 1 fully saturated rings. The fourth-order valence-electron chi connectivity index (χ4n) is 2.94. The van der Waals surface area contributed by atoms with Crippen molar-refractivity contribution in [3.63, 3.8) is 0 Å². The number of rotatable bonds is 6. The van der Waals surface area contributed by atoms with Crippen molar-refractivity contribution in [2.24, 2.45) is 23.5 Å². The molecule has 1 aliphatic carbocycles. The molecule has 0 aromatic heterocycles. The third-order valence-corrected chi connectivity index (χ3v) is 4.06. The number of amides is 1. The van der Waals surface area contributed by atoms with Crippen LogP contribution in [0.3, 0.4) is 0 Å². The van der Waals surface area contributed by atoms with Crippen molar-refractivity contribution in [3.05, 3.63) is 0 Å². The summed E-state index contributed by atoms with van der Waals surface area (Å²) in [5.74, 6) is 0.0774. The van der Waals surface area contributed by atoms with Crippen molar-refractivity contribution in [2.75, 3.05) is 13.7 Å². The molecule has 2 unspecified atom stereocenters. The molecule has 0 heterocycles. The Balaban J connectivity index is 2.66. The second-order valence-corrected chi connectivity index (χ2v) is 6.10. The van der Waals surface area contributed by atoms with Gasteiger partial charge in [-0.1, -0.05) is 26.7 Å². The molecule has 0 aliphatic heterocycles. The summed E-state index contributed by atoms with van der Waals surface area (Å²) in [6.45, 7) is 4.57. The van der Waals surface area contributed by atoms with Crippen LogP contribution in [0.5, 0.6) is 0 Å². The fraction of sp³-hybridized carbons (Fsp3) is 0.867. The van der Waals surface area contributed by atoms with Gasteiger partial charge in [0.2, 0.25) is 5.91 Å². The largest absolute Gasteiger partial charge is 0.467 e. The molecule has 1 rings (SSSR count). The van der Waals surface area contributed by atoms with Crippen molar-refractivity contribution in [3.8, 4) is 0 Å². The molecule has 1 amide bonds. The van der Waals surface area contributed by atoms with Crippen LogP contribution in [0.15, 0.2) is 0 Å². The van der Waals surface area contributed by atoms with E-state index < -0.39 is 6.04 Å². The van der Waals surface area contributed by atoms with E-state index in [2.05, 4.69) is 5.32 Å². The summed E-state index contributed by atoms with van der Waals surface area (Å²) in [5.41, 5.74) is 5.76. The molecule has 0 aromatic carbocycles. The van der Waals surface area contributed by atoms with Crippen LogP contribution < -0.4 is 11.1 Å². The van der Waals surface area contributed by atoms with Crippen molar-refractivity contribution in [2.45, 2.75) is 52.0 Å². The van der Waals surface area contributed by atoms with Gasteiger partial charge >= 0.3 is 5.97 Å². The minimum absolute atomic E-state index is 0.0452. The first kappa shape index (κ1) is 17.0. The predicted molar refractivity (Wildman–Crippen MR) is 77.9 cm³/mol. The van der Waals surface area contributed by atoms with E-state index in [1.54, 1.807) is 0 Å². The van der Waals surface area contributed by atoms with Gasteiger partial charge in [-0.3, -0.25) is 4.79 Å². The van der Waals surface area contributed by atoms with Crippen LogP contribution in [0.4, 0.5) is 0 Å². The van der Waals surface area contributed by atoms with Crippen LogP contribution in [-0.2, 0) is 14.3 Å². The molecule has 5 nitrogen and oxygen atoms in total. The van der Waals surface area contributed by atoms with Crippen molar-refractivity contribution < 1.29 is 14.3 Å². The Labute approximate surface area is 121 Å². The number of methoxy groups -OCH3 is 1. The van der Waals surface area contributed by atoms with Gasteiger partial charge in [0.1, 0.15) is 6.04 Å². The molecular weight excluding hydrogens is 256 g/mol. The summed E-state index contributed by atoms with van der Waals surface area (Å²) in [7, 11) is 1.35. The van der Waals surface area contributed by atoms with Crippen LogP contribution in [0.1, 0.15) is 46.0 Å². The average molecular weight is 284 g/mol. The minimum atomic E-state index is -0.548. The van der Waals surface area contributed by atoms with Crippen LogP contribution in [0.25, 0.3) is 0 Å². The third kappa shape index (κ3) is 4.78. The lowest BCUT2D eigenvalue weighted by atomic mass is 9.78. The van der Waals surface area contributed by atoms with E-state index in [1.807, 2.05) is 13.8 Å². The van der Waals surface area contributed by atoms with Crippen molar-refractivity contribution >= 4 is 11.9 Å². The Bertz CT molecular complexity index is 331. The Morgan fingerprint density at radius 1 is 1.30 bits per heavy atom. The van der Waals surface area contributed by atoms with Gasteiger partial charge in [-0.25, -0.2) is 4.79 Å². The summed E-state index contributed by atoms with van der Waals surface area (Å²) >= 11 is 0. The maximum Gasteiger partial charge on any atom is 0.328 e. The number of hydrogen-bond donors (Lipinski definition) is 2. The molecule has 0 aromatic rings. The second kappa shape index (κ2) is 8.25. The molecular formula is C15H28N2O3. The highest BCUT2D eigenvalue weighted by Gasteiger charge is 2.32. The van der Waals surface area contributed by atoms with Gasteiger partial charge in [0.15, 0.2) is 0 Å². The van der Waals surface area contributed by atoms with Gasteiger partial charge in [0, 0.05) is 5.92 Å². The Hall–Kier alpha value is -1.10. The number of nitrogens with one attached hydrogen (secondary N) is 1. The number of esters is 1. The molecule has 0 radical (unpaired) electrons. The van der Waals surface area contributed by atoms with E-state index in [4.69, 9.17) is 10.5 Å². The maximum absolute atomic E-state index is 12.4. The normalized spacial score (nSPS) is 24.2. The van der Waals surface area contributed by atoms with E-state index in [9.17, 15) is 9.59 Å². The fourth-order valence-corrected chi connectivity index (χ4v) is 2.94. The molecule has 3 atom stereocenters. The molecule has 0 bridgehead atoms. The van der Waals surface area contributed by atoms with Crippen LogP contribution in [-0.4, -0.2) is 31.6 Å². The zero-order valence-corrected chi connectivity index (χ0v) is 12.9. The highest BCUT2D eigenvalue weighted by Crippen LogP contribution is 2.29. The van der Waals surface area contributed by atoms with E-state index in [0.29, 0.717) is 18.9 Å². The van der Waals surface area contributed by atoms with Gasteiger partial charge in [0.05, 0.1) is 7.11 Å². The summed E-state index contributed by atoms with van der Waals surface area (Å²) in [6, 6.07) is -0.548. The zero-order valence-electron chi connectivity index (χ0n) is 12.9. The molecule has 0 spiro atoms. The molecule has 20 heavy (non-hydrogen) atoms. The van der Waals surface area contributed by atoms with Gasteiger partial charge in [-0.15, -0.1) is 0 Å². The lowest BCUT2D eigenvalue weighted by molar-refractivity contribution is -0.146. The van der Waals surface area contributed by atoms with Gasteiger partial charge < -0.3 is 15.8 Å². The molecule has 0 saturated heterocycles. The van der Waals surface area contributed by atoms with Crippen LogP contribution in [0, 0.1) is 17.8 Å². The van der Waals surface area contributed by atoms with Crippen LogP contribution in [0.2, 0.25) is 0 Å². The topological polar surface area (TPSA) is 81.4 Å². The first-order valence-corrected chi connectivity index (χ1v) is 7.57. The standard InChI is InChI=1S/C15H28N2O3/c1-10(2)8-13(15(19)20-3)17-14(18)12-7-5-4-6-11(12)9-16/h10-13H,4-9,16H2,1-3H3,(H,17,18)/t11?,12?,13-/m0/s1. The maximum atomic E-state index is 12.4. The van der Waals surface area contributed by atoms with Gasteiger partial charge in [0.25, 0.3) is 0 Å². The minimum Gasteiger partial charge on any atom is -0.467 e. The van der Waals surface area contributed by atoms with E-state index >= 15 is 0 Å². The highest BCUT2D eigenvalue weighted by atomic mass is 16.5. The zero-order chi connectivity index (χ0) is 15.1. The Kier molecular flexibility index (Phi) is 6.99. The SMILES string of the molecule is COC(=O)[C@H](CC(C)C)NC(=O)C1CCCCC1CN. The smallest absolute Gasteiger partial charge is 0.328 e. The lowest BCUT2D eigenvalue weighted by Crippen LogP contribution is -2.47. The van der Waals surface area contributed by atoms with E-state index in [-0.39, 0.29) is 23.7 Å². The number of carbonyl (C=O) groups excluding carboxylic acids is 2. The Morgan fingerprint density at radius 2 is 1.95 bits per heavy atom. The molecule has 1 aliphatic rings. The molecule has 3 N–H and O–H groups in total. The monoisotopic (exact) mass is 284 g/mol. The lowest BCUT2D eigenvalue weighted by Gasteiger charge is -2.31. The number of carbonyl (C=O) groups is 2. The third-order valence-electron chi connectivity index (χ3n) is 4.06. The molecule has 1 saturated carbocycles.